The first-order valence-electron chi connectivity index (χ1n) is 4.28. The Morgan fingerprint density at radius 2 is 2.08 bits per heavy atom. The van der Waals surface area contributed by atoms with E-state index in [4.69, 9.17) is 4.74 Å². The van der Waals surface area contributed by atoms with Crippen LogP contribution in [0.5, 0.6) is 0 Å². The first-order valence-corrected chi connectivity index (χ1v) is 4.28. The van der Waals surface area contributed by atoms with Crippen LogP contribution in [0.4, 0.5) is 4.79 Å². The first-order chi connectivity index (χ1) is 5.49. The standard InChI is InChI=1S/C9H16NO2.Zn/c1-9(2,3)12-8(11)10-6-4-5-7-10;/h4H,5-7H2,1-3H3;/q-1;+2. The Morgan fingerprint density at radius 1 is 1.46 bits per heavy atom. The maximum absolute atomic E-state index is 11.3. The quantitative estimate of drug-likeness (QED) is 0.474. The molecular weight excluding hydrogens is 219 g/mol. The van der Waals surface area contributed by atoms with E-state index in [-0.39, 0.29) is 31.2 Å². The molecule has 1 rings (SSSR count). The van der Waals surface area contributed by atoms with Crippen molar-refractivity contribution >= 4 is 6.09 Å². The van der Waals surface area contributed by atoms with E-state index in [1.54, 1.807) is 4.90 Å². The molecule has 70 valence electrons. The van der Waals surface area contributed by atoms with Crippen LogP contribution in [-0.2, 0) is 24.2 Å². The number of carbonyl (C=O) groups is 1. The summed E-state index contributed by atoms with van der Waals surface area (Å²) < 4.78 is 5.19. The topological polar surface area (TPSA) is 29.5 Å². The van der Waals surface area contributed by atoms with Crippen LogP contribution in [0.2, 0.25) is 0 Å². The van der Waals surface area contributed by atoms with Crippen molar-refractivity contribution in [2.75, 3.05) is 13.1 Å². The average Bonchev–Trinajstić information content (AvgIpc) is 2.32. The largest absolute Gasteiger partial charge is 2.00 e. The third kappa shape index (κ3) is 4.61. The van der Waals surface area contributed by atoms with Crippen LogP contribution in [0.3, 0.4) is 0 Å². The van der Waals surface area contributed by atoms with Crippen molar-refractivity contribution in [3.8, 4) is 0 Å². The molecule has 1 heterocycles. The summed E-state index contributed by atoms with van der Waals surface area (Å²) in [5.74, 6) is 0. The molecule has 0 radical (unpaired) electrons. The normalized spacial score (nSPS) is 16.7. The molecule has 3 nitrogen and oxygen atoms in total. The van der Waals surface area contributed by atoms with Crippen molar-refractivity contribution in [2.24, 2.45) is 0 Å². The zero-order valence-corrected chi connectivity index (χ0v) is 11.6. The van der Waals surface area contributed by atoms with Crippen molar-refractivity contribution in [3.63, 3.8) is 0 Å². The van der Waals surface area contributed by atoms with Crippen LogP contribution >= 0.6 is 0 Å². The van der Waals surface area contributed by atoms with Gasteiger partial charge in [0, 0.05) is 0 Å². The summed E-state index contributed by atoms with van der Waals surface area (Å²) in [5, 5.41) is 0. The molecule has 0 aromatic rings. The fourth-order valence-electron chi connectivity index (χ4n) is 1.08. The summed E-state index contributed by atoms with van der Waals surface area (Å²) in [4.78, 5) is 13.1. The van der Waals surface area contributed by atoms with Crippen LogP contribution in [0.1, 0.15) is 27.2 Å². The van der Waals surface area contributed by atoms with Gasteiger partial charge in [-0.25, -0.2) is 4.79 Å². The minimum Gasteiger partial charge on any atom is -0.444 e. The maximum atomic E-state index is 11.3. The Balaban J connectivity index is 0.00000144. The Labute approximate surface area is 92.6 Å². The number of hydrogen-bond acceptors (Lipinski definition) is 2. The van der Waals surface area contributed by atoms with Crippen LogP contribution in [0.25, 0.3) is 0 Å². The summed E-state index contributed by atoms with van der Waals surface area (Å²) in [6, 6.07) is 0. The molecule has 1 fully saturated rings. The van der Waals surface area contributed by atoms with Gasteiger partial charge in [0.25, 0.3) is 0 Å². The van der Waals surface area contributed by atoms with Crippen molar-refractivity contribution in [3.05, 3.63) is 6.42 Å². The Hall–Kier alpha value is -0.107. The second kappa shape index (κ2) is 4.95. The van der Waals surface area contributed by atoms with Gasteiger partial charge in [0.2, 0.25) is 0 Å². The number of hydrogen-bond donors (Lipinski definition) is 0. The van der Waals surface area contributed by atoms with E-state index in [1.165, 1.54) is 0 Å². The van der Waals surface area contributed by atoms with E-state index in [9.17, 15) is 4.79 Å². The van der Waals surface area contributed by atoms with Gasteiger partial charge in [-0.05, 0) is 27.3 Å². The van der Waals surface area contributed by atoms with Crippen LogP contribution in [-0.4, -0.2) is 29.7 Å². The second-order valence-electron chi connectivity index (χ2n) is 4.00. The van der Waals surface area contributed by atoms with Crippen molar-refractivity contribution in [1.82, 2.24) is 4.90 Å². The van der Waals surface area contributed by atoms with Gasteiger partial charge >= 0.3 is 25.6 Å². The van der Waals surface area contributed by atoms with Gasteiger partial charge in [0.15, 0.2) is 0 Å². The van der Waals surface area contributed by atoms with Gasteiger partial charge in [-0.3, -0.25) is 0 Å². The van der Waals surface area contributed by atoms with Crippen molar-refractivity contribution in [1.29, 1.82) is 0 Å². The molecule has 0 spiro atoms. The molecule has 0 N–H and O–H groups in total. The predicted molar refractivity (Wildman–Crippen MR) is 46.7 cm³/mol. The fourth-order valence-corrected chi connectivity index (χ4v) is 1.08. The minimum atomic E-state index is -0.375. The van der Waals surface area contributed by atoms with E-state index in [0.29, 0.717) is 0 Å². The van der Waals surface area contributed by atoms with Gasteiger partial charge in [0.1, 0.15) is 5.60 Å². The molecule has 4 heteroatoms. The molecule has 0 aromatic heterocycles. The Kier molecular flexibility index (Phi) is 4.90. The molecule has 0 saturated carbocycles. The fraction of sp³-hybridized carbons (Fsp3) is 0.778. The predicted octanol–water partition coefficient (Wildman–Crippen LogP) is 1.83. The summed E-state index contributed by atoms with van der Waals surface area (Å²) in [6.45, 7) is 7.17. The third-order valence-electron chi connectivity index (χ3n) is 1.60. The van der Waals surface area contributed by atoms with E-state index in [0.717, 1.165) is 19.5 Å². The molecule has 1 aliphatic heterocycles. The summed E-state index contributed by atoms with van der Waals surface area (Å²) in [6.07, 6.45) is 2.87. The molecule has 0 aliphatic carbocycles. The van der Waals surface area contributed by atoms with Gasteiger partial charge in [-0.2, -0.15) is 6.42 Å². The number of likely N-dealkylation sites (tertiary alicyclic amines) is 1. The van der Waals surface area contributed by atoms with E-state index < -0.39 is 0 Å². The Morgan fingerprint density at radius 3 is 2.46 bits per heavy atom. The first kappa shape index (κ1) is 12.9. The number of rotatable bonds is 0. The molecule has 1 amide bonds. The zero-order valence-electron chi connectivity index (χ0n) is 8.67. The van der Waals surface area contributed by atoms with E-state index in [1.807, 2.05) is 20.8 Å². The monoisotopic (exact) mass is 234 g/mol. The SMILES string of the molecule is CC(C)(C)OC(=O)N1C[CH-]CC1.[Zn+2]. The number of nitrogens with zero attached hydrogens (tertiary/aromatic N) is 1. The molecule has 0 atom stereocenters. The Bertz CT molecular complexity index is 171. The molecule has 13 heavy (non-hydrogen) atoms. The summed E-state index contributed by atoms with van der Waals surface area (Å²) >= 11 is 0. The van der Waals surface area contributed by atoms with Gasteiger partial charge in [-0.1, -0.05) is 6.54 Å². The van der Waals surface area contributed by atoms with Gasteiger partial charge < -0.3 is 16.1 Å². The van der Waals surface area contributed by atoms with E-state index >= 15 is 0 Å². The van der Waals surface area contributed by atoms with Crippen molar-refractivity contribution in [2.45, 2.75) is 32.8 Å². The van der Waals surface area contributed by atoms with Crippen LogP contribution < -0.4 is 0 Å². The molecule has 0 bridgehead atoms. The molecular formula is C9H16NO2Zn+. The smallest absolute Gasteiger partial charge is 0.444 e. The molecule has 0 aromatic carbocycles. The number of amides is 1. The van der Waals surface area contributed by atoms with Gasteiger partial charge in [-0.15, -0.1) is 0 Å². The molecule has 1 saturated heterocycles. The zero-order chi connectivity index (χ0) is 9.19. The third-order valence-corrected chi connectivity index (χ3v) is 1.60. The second-order valence-corrected chi connectivity index (χ2v) is 4.00. The van der Waals surface area contributed by atoms with Crippen LogP contribution in [0.15, 0.2) is 0 Å². The average molecular weight is 236 g/mol. The summed E-state index contributed by atoms with van der Waals surface area (Å²) in [5.41, 5.74) is -0.375. The number of carbonyl (C=O) groups excluding carboxylic acids is 1. The van der Waals surface area contributed by atoms with E-state index in [2.05, 4.69) is 6.42 Å². The van der Waals surface area contributed by atoms with Crippen molar-refractivity contribution < 1.29 is 29.0 Å². The summed E-state index contributed by atoms with van der Waals surface area (Å²) in [7, 11) is 0. The van der Waals surface area contributed by atoms with Gasteiger partial charge in [0.05, 0.1) is 0 Å². The van der Waals surface area contributed by atoms with Crippen LogP contribution in [0, 0.1) is 6.42 Å². The molecule has 1 aliphatic rings. The molecule has 0 unspecified atom stereocenters. The number of ether oxygens (including phenoxy) is 1. The minimum absolute atomic E-state index is 0. The maximum Gasteiger partial charge on any atom is 2.00 e.